The standard InChI is InChI=1S/C14H9FN4O2S2/c15-8-4-2-1-3-7(8)13-17-5-10(23-13)12(21)19-14-18-9(6-22-14)11(16)20/h1-6H,(H2,16,20)(H,18,19,21). The van der Waals surface area contributed by atoms with Crippen LogP contribution in [0.4, 0.5) is 9.52 Å². The van der Waals surface area contributed by atoms with Crippen molar-refractivity contribution in [2.75, 3.05) is 5.32 Å². The lowest BCUT2D eigenvalue weighted by Crippen LogP contribution is -2.13. The third-order valence-corrected chi connectivity index (χ3v) is 4.60. The van der Waals surface area contributed by atoms with E-state index in [1.165, 1.54) is 17.6 Å². The predicted octanol–water partition coefficient (Wildman–Crippen LogP) is 2.76. The summed E-state index contributed by atoms with van der Waals surface area (Å²) >= 11 is 2.15. The van der Waals surface area contributed by atoms with Crippen molar-refractivity contribution in [2.24, 2.45) is 5.73 Å². The number of nitrogens with two attached hydrogens (primary N) is 1. The molecule has 0 aliphatic heterocycles. The number of nitrogens with one attached hydrogen (secondary N) is 1. The first-order valence-electron chi connectivity index (χ1n) is 6.32. The molecule has 6 nitrogen and oxygen atoms in total. The molecule has 116 valence electrons. The summed E-state index contributed by atoms with van der Waals surface area (Å²) in [7, 11) is 0. The fourth-order valence-corrected chi connectivity index (χ4v) is 3.27. The maximum absolute atomic E-state index is 13.7. The van der Waals surface area contributed by atoms with Gasteiger partial charge in [0.2, 0.25) is 0 Å². The Hall–Kier alpha value is -2.65. The number of thiazole rings is 2. The van der Waals surface area contributed by atoms with E-state index in [1.54, 1.807) is 18.2 Å². The molecule has 0 saturated carbocycles. The van der Waals surface area contributed by atoms with Crippen molar-refractivity contribution >= 4 is 39.6 Å². The third-order valence-electron chi connectivity index (χ3n) is 2.81. The van der Waals surface area contributed by atoms with Crippen LogP contribution in [0, 0.1) is 5.82 Å². The first kappa shape index (κ1) is 15.3. The molecule has 2 aromatic heterocycles. The molecule has 3 N–H and O–H groups in total. The normalized spacial score (nSPS) is 10.5. The van der Waals surface area contributed by atoms with E-state index in [0.29, 0.717) is 15.4 Å². The fourth-order valence-electron chi connectivity index (χ4n) is 1.74. The summed E-state index contributed by atoms with van der Waals surface area (Å²) in [5.74, 6) is -1.50. The molecule has 2 amide bonds. The molecule has 0 radical (unpaired) electrons. The van der Waals surface area contributed by atoms with Gasteiger partial charge in [-0.3, -0.25) is 14.9 Å². The second-order valence-corrected chi connectivity index (χ2v) is 6.25. The van der Waals surface area contributed by atoms with E-state index in [2.05, 4.69) is 15.3 Å². The van der Waals surface area contributed by atoms with Gasteiger partial charge in [-0.15, -0.1) is 22.7 Å². The molecule has 3 rings (SSSR count). The molecule has 0 fully saturated rings. The molecule has 0 aliphatic carbocycles. The van der Waals surface area contributed by atoms with Crippen molar-refractivity contribution in [3.63, 3.8) is 0 Å². The van der Waals surface area contributed by atoms with Crippen molar-refractivity contribution in [2.45, 2.75) is 0 Å². The number of anilines is 1. The number of hydrogen-bond donors (Lipinski definition) is 2. The zero-order valence-corrected chi connectivity index (χ0v) is 13.1. The number of rotatable bonds is 4. The highest BCUT2D eigenvalue weighted by atomic mass is 32.1. The van der Waals surface area contributed by atoms with Crippen LogP contribution < -0.4 is 11.1 Å². The van der Waals surface area contributed by atoms with Gasteiger partial charge >= 0.3 is 0 Å². The van der Waals surface area contributed by atoms with Crippen LogP contribution in [-0.4, -0.2) is 21.8 Å². The topological polar surface area (TPSA) is 98.0 Å². The molecule has 9 heteroatoms. The number of nitrogens with zero attached hydrogens (tertiary/aromatic N) is 2. The van der Waals surface area contributed by atoms with Crippen LogP contribution in [0.5, 0.6) is 0 Å². The molecule has 23 heavy (non-hydrogen) atoms. The van der Waals surface area contributed by atoms with Crippen LogP contribution in [0.1, 0.15) is 20.2 Å². The van der Waals surface area contributed by atoms with Crippen molar-refractivity contribution in [1.29, 1.82) is 0 Å². The summed E-state index contributed by atoms with van der Waals surface area (Å²) in [6.07, 6.45) is 1.37. The molecule has 3 aromatic rings. The van der Waals surface area contributed by atoms with Crippen LogP contribution in [0.3, 0.4) is 0 Å². The van der Waals surface area contributed by atoms with Crippen LogP contribution in [0.2, 0.25) is 0 Å². The molecule has 0 unspecified atom stereocenters. The molecule has 0 atom stereocenters. The molecule has 0 bridgehead atoms. The minimum atomic E-state index is -0.665. The molecule has 0 saturated heterocycles. The summed E-state index contributed by atoms with van der Waals surface area (Å²) in [4.78, 5) is 31.4. The van der Waals surface area contributed by atoms with Gasteiger partial charge in [0.25, 0.3) is 11.8 Å². The Kier molecular flexibility index (Phi) is 4.13. The lowest BCUT2D eigenvalue weighted by atomic mass is 10.2. The smallest absolute Gasteiger partial charge is 0.269 e. The van der Waals surface area contributed by atoms with E-state index in [4.69, 9.17) is 5.73 Å². The van der Waals surface area contributed by atoms with Gasteiger partial charge < -0.3 is 5.73 Å². The number of aromatic nitrogens is 2. The second kappa shape index (κ2) is 6.23. The predicted molar refractivity (Wildman–Crippen MR) is 86.1 cm³/mol. The Morgan fingerprint density at radius 2 is 2.04 bits per heavy atom. The Balaban J connectivity index is 1.78. The average Bonchev–Trinajstić information content (AvgIpc) is 3.16. The zero-order valence-electron chi connectivity index (χ0n) is 11.4. The molecule has 0 spiro atoms. The van der Waals surface area contributed by atoms with E-state index in [9.17, 15) is 14.0 Å². The summed E-state index contributed by atoms with van der Waals surface area (Å²) in [5.41, 5.74) is 5.52. The first-order valence-corrected chi connectivity index (χ1v) is 8.01. The summed E-state index contributed by atoms with van der Waals surface area (Å²) in [6, 6.07) is 6.20. The van der Waals surface area contributed by atoms with Crippen LogP contribution in [0.25, 0.3) is 10.6 Å². The maximum atomic E-state index is 13.7. The van der Waals surface area contributed by atoms with E-state index >= 15 is 0 Å². The van der Waals surface area contributed by atoms with Gasteiger partial charge in [0.15, 0.2) is 5.13 Å². The van der Waals surface area contributed by atoms with Crippen LogP contribution in [-0.2, 0) is 0 Å². The molecule has 1 aromatic carbocycles. The van der Waals surface area contributed by atoms with E-state index < -0.39 is 17.6 Å². The van der Waals surface area contributed by atoms with Gasteiger partial charge in [-0.05, 0) is 12.1 Å². The van der Waals surface area contributed by atoms with Crippen LogP contribution >= 0.6 is 22.7 Å². The quantitative estimate of drug-likeness (QED) is 0.757. The average molecular weight is 348 g/mol. The van der Waals surface area contributed by atoms with Crippen LogP contribution in [0.15, 0.2) is 35.8 Å². The minimum absolute atomic E-state index is 0.0849. The van der Waals surface area contributed by atoms with Gasteiger partial charge in [-0.25, -0.2) is 14.4 Å². The number of benzene rings is 1. The van der Waals surface area contributed by atoms with E-state index in [-0.39, 0.29) is 10.8 Å². The largest absolute Gasteiger partial charge is 0.364 e. The number of primary amides is 1. The molecule has 0 aliphatic rings. The lowest BCUT2D eigenvalue weighted by molar-refractivity contribution is 0.0992. The van der Waals surface area contributed by atoms with Gasteiger partial charge in [-0.2, -0.15) is 0 Å². The Morgan fingerprint density at radius 3 is 2.74 bits per heavy atom. The number of carbonyl (C=O) groups is 2. The van der Waals surface area contributed by atoms with Gasteiger partial charge in [0, 0.05) is 10.9 Å². The molecule has 2 heterocycles. The molecular formula is C14H9FN4O2S2. The minimum Gasteiger partial charge on any atom is -0.364 e. The Bertz CT molecular complexity index is 890. The first-order chi connectivity index (χ1) is 11.0. The third kappa shape index (κ3) is 3.25. The Labute approximate surface area is 137 Å². The fraction of sp³-hybridized carbons (Fsp3) is 0. The Morgan fingerprint density at radius 1 is 1.26 bits per heavy atom. The SMILES string of the molecule is NC(=O)c1csc(NC(=O)c2cnc(-c3ccccc3F)s2)n1. The highest BCUT2D eigenvalue weighted by Gasteiger charge is 2.16. The number of halogens is 1. The van der Waals surface area contributed by atoms with Crippen molar-refractivity contribution in [1.82, 2.24) is 9.97 Å². The zero-order chi connectivity index (χ0) is 16.4. The summed E-state index contributed by atoms with van der Waals surface area (Å²) in [5, 5.41) is 4.67. The van der Waals surface area contributed by atoms with Crippen molar-refractivity contribution in [3.8, 4) is 10.6 Å². The monoisotopic (exact) mass is 348 g/mol. The van der Waals surface area contributed by atoms with Gasteiger partial charge in [0.1, 0.15) is 21.4 Å². The second-order valence-electron chi connectivity index (χ2n) is 4.37. The summed E-state index contributed by atoms with van der Waals surface area (Å²) < 4.78 is 13.7. The molecular weight excluding hydrogens is 339 g/mol. The van der Waals surface area contributed by atoms with E-state index in [1.807, 2.05) is 0 Å². The highest BCUT2D eigenvalue weighted by Crippen LogP contribution is 2.28. The lowest BCUT2D eigenvalue weighted by Gasteiger charge is -1.98. The van der Waals surface area contributed by atoms with Crippen molar-refractivity contribution < 1.29 is 14.0 Å². The summed E-state index contributed by atoms with van der Waals surface area (Å²) in [6.45, 7) is 0. The van der Waals surface area contributed by atoms with Gasteiger partial charge in [0.05, 0.1) is 6.20 Å². The highest BCUT2D eigenvalue weighted by molar-refractivity contribution is 7.17. The van der Waals surface area contributed by atoms with Gasteiger partial charge in [-0.1, -0.05) is 12.1 Å². The maximum Gasteiger partial charge on any atom is 0.269 e. The number of hydrogen-bond acceptors (Lipinski definition) is 6. The van der Waals surface area contributed by atoms with E-state index in [0.717, 1.165) is 22.7 Å². The van der Waals surface area contributed by atoms with Crippen molar-refractivity contribution in [3.05, 3.63) is 52.2 Å². The number of carbonyl (C=O) groups excluding carboxylic acids is 2. The number of amides is 2.